The third-order valence-corrected chi connectivity index (χ3v) is 5.49. The predicted molar refractivity (Wildman–Crippen MR) is 124 cm³/mol. The molecule has 4 aromatic rings. The number of nitrogens with one attached hydrogen (secondary N) is 2. The quantitative estimate of drug-likeness (QED) is 0.285. The molecule has 34 heavy (non-hydrogen) atoms. The zero-order valence-electron chi connectivity index (χ0n) is 18.1. The fourth-order valence-electron chi connectivity index (χ4n) is 3.12. The van der Waals surface area contributed by atoms with E-state index in [2.05, 4.69) is 30.5 Å². The molecule has 4 N–H and O–H groups in total. The van der Waals surface area contributed by atoms with Crippen LogP contribution in [-0.4, -0.2) is 31.4 Å². The highest BCUT2D eigenvalue weighted by Gasteiger charge is 2.30. The van der Waals surface area contributed by atoms with Crippen molar-refractivity contribution in [2.24, 2.45) is 0 Å². The normalized spacial score (nSPS) is 11.4. The lowest BCUT2D eigenvalue weighted by Crippen LogP contribution is -2.05. The van der Waals surface area contributed by atoms with Crippen molar-refractivity contribution in [2.75, 3.05) is 17.3 Å². The van der Waals surface area contributed by atoms with Crippen LogP contribution < -0.4 is 15.8 Å². The molecule has 0 fully saturated rings. The SMILES string of the molecule is CCc1cc(Oc2ccc(-c3nc(Nc4cccc(C(F)(F)F)c4)n[nH]3)c(SC)c2)nc(N)n1. The van der Waals surface area contributed by atoms with Gasteiger partial charge in [0.2, 0.25) is 17.8 Å². The number of hydrogen-bond donors (Lipinski definition) is 3. The summed E-state index contributed by atoms with van der Waals surface area (Å²) in [4.78, 5) is 13.5. The summed E-state index contributed by atoms with van der Waals surface area (Å²) in [5, 5.41) is 9.68. The Morgan fingerprint density at radius 2 is 1.91 bits per heavy atom. The van der Waals surface area contributed by atoms with E-state index in [1.165, 1.54) is 23.9 Å². The van der Waals surface area contributed by atoms with E-state index in [9.17, 15) is 13.2 Å². The van der Waals surface area contributed by atoms with Crippen LogP contribution in [0.2, 0.25) is 0 Å². The molecule has 0 amide bonds. The maximum Gasteiger partial charge on any atom is 0.416 e. The Hall–Kier alpha value is -3.80. The number of alkyl halides is 3. The molecule has 4 rings (SSSR count). The van der Waals surface area contributed by atoms with Crippen LogP contribution in [-0.2, 0) is 12.6 Å². The highest BCUT2D eigenvalue weighted by atomic mass is 32.2. The molecule has 0 saturated heterocycles. The summed E-state index contributed by atoms with van der Waals surface area (Å²) in [7, 11) is 0. The largest absolute Gasteiger partial charge is 0.439 e. The molecule has 0 aliphatic rings. The number of nitrogens with zero attached hydrogens (tertiary/aromatic N) is 4. The number of H-pyrrole nitrogens is 1. The lowest BCUT2D eigenvalue weighted by atomic mass is 10.2. The van der Waals surface area contributed by atoms with E-state index in [-0.39, 0.29) is 17.6 Å². The Bertz CT molecular complexity index is 1310. The summed E-state index contributed by atoms with van der Waals surface area (Å²) in [5.41, 5.74) is 6.73. The second-order valence-corrected chi connectivity index (χ2v) is 7.93. The predicted octanol–water partition coefficient (Wildman–Crippen LogP) is 5.68. The number of thioether (sulfide) groups is 1. The van der Waals surface area contributed by atoms with Crippen LogP contribution in [0.4, 0.5) is 30.8 Å². The van der Waals surface area contributed by atoms with Gasteiger partial charge in [-0.3, -0.25) is 5.10 Å². The van der Waals surface area contributed by atoms with Gasteiger partial charge < -0.3 is 15.8 Å². The minimum Gasteiger partial charge on any atom is -0.439 e. The van der Waals surface area contributed by atoms with E-state index >= 15 is 0 Å². The Morgan fingerprint density at radius 3 is 2.65 bits per heavy atom. The van der Waals surface area contributed by atoms with Crippen LogP contribution in [0, 0.1) is 0 Å². The van der Waals surface area contributed by atoms with Crippen molar-refractivity contribution in [1.82, 2.24) is 25.1 Å². The number of hydrogen-bond acceptors (Lipinski definition) is 8. The van der Waals surface area contributed by atoms with E-state index in [1.54, 1.807) is 18.2 Å². The summed E-state index contributed by atoms with van der Waals surface area (Å²) in [6, 6.07) is 11.9. The van der Waals surface area contributed by atoms with Crippen molar-refractivity contribution in [3.8, 4) is 23.0 Å². The molecule has 2 aromatic carbocycles. The van der Waals surface area contributed by atoms with Gasteiger partial charge >= 0.3 is 6.18 Å². The topological polar surface area (TPSA) is 115 Å². The first-order valence-electron chi connectivity index (χ1n) is 10.1. The number of benzene rings is 2. The average Bonchev–Trinajstić information content (AvgIpc) is 3.26. The van der Waals surface area contributed by atoms with E-state index in [4.69, 9.17) is 10.5 Å². The fraction of sp³-hybridized carbons (Fsp3) is 0.182. The molecular formula is C22H20F3N7OS. The van der Waals surface area contributed by atoms with Gasteiger partial charge in [0.15, 0.2) is 5.82 Å². The number of anilines is 3. The molecule has 0 radical (unpaired) electrons. The molecule has 2 heterocycles. The smallest absolute Gasteiger partial charge is 0.416 e. The van der Waals surface area contributed by atoms with Crippen LogP contribution in [0.3, 0.4) is 0 Å². The van der Waals surface area contributed by atoms with Gasteiger partial charge in [-0.25, -0.2) is 4.98 Å². The number of rotatable bonds is 7. The molecule has 12 heteroatoms. The minimum absolute atomic E-state index is 0.138. The number of aromatic amines is 1. The van der Waals surface area contributed by atoms with Crippen molar-refractivity contribution >= 4 is 29.3 Å². The molecule has 176 valence electrons. The Kier molecular flexibility index (Phi) is 6.59. The number of aromatic nitrogens is 5. The van der Waals surface area contributed by atoms with Gasteiger partial charge in [0.05, 0.1) is 5.56 Å². The van der Waals surface area contributed by atoms with E-state index in [0.29, 0.717) is 23.9 Å². The first-order chi connectivity index (χ1) is 16.2. The van der Waals surface area contributed by atoms with Gasteiger partial charge in [-0.15, -0.1) is 16.9 Å². The third-order valence-electron chi connectivity index (χ3n) is 4.72. The van der Waals surface area contributed by atoms with E-state index in [1.807, 2.05) is 19.2 Å². The van der Waals surface area contributed by atoms with Crippen molar-refractivity contribution in [2.45, 2.75) is 24.4 Å². The van der Waals surface area contributed by atoms with Crippen molar-refractivity contribution in [3.63, 3.8) is 0 Å². The van der Waals surface area contributed by atoms with Gasteiger partial charge in [0, 0.05) is 27.9 Å². The molecule has 0 saturated carbocycles. The molecule has 2 aromatic heterocycles. The molecule has 0 aliphatic carbocycles. The molecule has 0 spiro atoms. The second kappa shape index (κ2) is 9.59. The molecule has 8 nitrogen and oxygen atoms in total. The standard InChI is InChI=1S/C22H20F3N7OS/c1-3-13-10-18(29-20(26)27-13)33-15-7-8-16(17(11-15)34-2)19-30-21(32-31-19)28-14-6-4-5-12(9-14)22(23,24)25/h4-11H,3H2,1-2H3,(H2,26,27,29)(H2,28,30,31,32). The monoisotopic (exact) mass is 487 g/mol. The fourth-order valence-corrected chi connectivity index (χ4v) is 3.74. The Morgan fingerprint density at radius 1 is 1.09 bits per heavy atom. The highest BCUT2D eigenvalue weighted by molar-refractivity contribution is 7.98. The maximum atomic E-state index is 13.0. The van der Waals surface area contributed by atoms with Crippen LogP contribution >= 0.6 is 11.8 Å². The summed E-state index contributed by atoms with van der Waals surface area (Å²) >= 11 is 1.47. The summed E-state index contributed by atoms with van der Waals surface area (Å²) in [5.74, 6) is 1.63. The lowest BCUT2D eigenvalue weighted by Gasteiger charge is -2.10. The van der Waals surface area contributed by atoms with Gasteiger partial charge in [-0.1, -0.05) is 13.0 Å². The number of aryl methyl sites for hydroxylation is 1. The minimum atomic E-state index is -4.44. The second-order valence-electron chi connectivity index (χ2n) is 7.08. The van der Waals surface area contributed by atoms with Crippen molar-refractivity contribution in [3.05, 3.63) is 59.8 Å². The van der Waals surface area contributed by atoms with Gasteiger partial charge in [-0.05, 0) is 49.1 Å². The maximum absolute atomic E-state index is 13.0. The Labute approximate surface area is 197 Å². The summed E-state index contributed by atoms with van der Waals surface area (Å²) in [6.45, 7) is 1.96. The van der Waals surface area contributed by atoms with Crippen molar-refractivity contribution in [1.29, 1.82) is 0 Å². The first kappa shape index (κ1) is 23.4. The van der Waals surface area contributed by atoms with Crippen LogP contribution in [0.1, 0.15) is 18.2 Å². The third kappa shape index (κ3) is 5.39. The summed E-state index contributed by atoms with van der Waals surface area (Å²) < 4.78 is 44.7. The average molecular weight is 488 g/mol. The van der Waals surface area contributed by atoms with Crippen LogP contribution in [0.15, 0.2) is 53.4 Å². The van der Waals surface area contributed by atoms with Crippen LogP contribution in [0.25, 0.3) is 11.4 Å². The number of nitrogen functional groups attached to an aromatic ring is 1. The summed E-state index contributed by atoms with van der Waals surface area (Å²) in [6.07, 6.45) is -1.84. The number of nitrogens with two attached hydrogens (primary N) is 1. The molecule has 0 aliphatic heterocycles. The van der Waals surface area contributed by atoms with Gasteiger partial charge in [0.25, 0.3) is 0 Å². The highest BCUT2D eigenvalue weighted by Crippen LogP contribution is 2.34. The van der Waals surface area contributed by atoms with E-state index < -0.39 is 11.7 Å². The lowest BCUT2D eigenvalue weighted by molar-refractivity contribution is -0.137. The molecule has 0 atom stereocenters. The first-order valence-corrected chi connectivity index (χ1v) is 11.3. The number of ether oxygens (including phenoxy) is 1. The molecule has 0 bridgehead atoms. The van der Waals surface area contributed by atoms with E-state index in [0.717, 1.165) is 28.3 Å². The Balaban J connectivity index is 1.55. The van der Waals surface area contributed by atoms with Gasteiger partial charge in [0.1, 0.15) is 5.75 Å². The molecular weight excluding hydrogens is 467 g/mol. The molecule has 0 unspecified atom stereocenters. The van der Waals surface area contributed by atoms with Crippen LogP contribution in [0.5, 0.6) is 11.6 Å². The zero-order chi connectivity index (χ0) is 24.3. The van der Waals surface area contributed by atoms with Crippen molar-refractivity contribution < 1.29 is 17.9 Å². The van der Waals surface area contributed by atoms with Gasteiger partial charge in [-0.2, -0.15) is 23.1 Å². The zero-order valence-corrected chi connectivity index (χ0v) is 19.0. The number of halogens is 3.